The molecule has 6 nitrogen and oxygen atoms in total. The van der Waals surface area contributed by atoms with Crippen molar-refractivity contribution in [3.8, 4) is 0 Å². The summed E-state index contributed by atoms with van der Waals surface area (Å²) in [5, 5.41) is 9.89. The molecule has 6 heteroatoms. The van der Waals surface area contributed by atoms with Crippen molar-refractivity contribution in [2.24, 2.45) is 11.7 Å². The van der Waals surface area contributed by atoms with E-state index in [-0.39, 0.29) is 19.0 Å². The van der Waals surface area contributed by atoms with Gasteiger partial charge < -0.3 is 20.7 Å². The summed E-state index contributed by atoms with van der Waals surface area (Å²) in [7, 11) is 0. The lowest BCUT2D eigenvalue weighted by atomic mass is 9.97. The predicted octanol–water partition coefficient (Wildman–Crippen LogP) is 0.581. The van der Waals surface area contributed by atoms with E-state index in [1.165, 1.54) is 4.90 Å². The van der Waals surface area contributed by atoms with Crippen molar-refractivity contribution in [3.63, 3.8) is 0 Å². The maximum absolute atomic E-state index is 12.2. The number of aromatic amines is 1. The van der Waals surface area contributed by atoms with Crippen LogP contribution in [-0.2, 0) is 16.0 Å². The molecule has 21 heavy (non-hydrogen) atoms. The second-order valence-electron chi connectivity index (χ2n) is 5.45. The molecule has 3 rings (SSSR count). The molecule has 1 saturated heterocycles. The maximum atomic E-state index is 12.2. The number of fused-ring (bicyclic) bond motifs is 1. The number of amides is 1. The molecule has 110 valence electrons. The van der Waals surface area contributed by atoms with Crippen LogP contribution in [0.25, 0.3) is 10.9 Å². The van der Waals surface area contributed by atoms with Crippen molar-refractivity contribution >= 4 is 22.8 Å². The zero-order chi connectivity index (χ0) is 15.0. The Balaban J connectivity index is 1.65. The Kier molecular flexibility index (Phi) is 3.39. The van der Waals surface area contributed by atoms with Crippen LogP contribution in [0.4, 0.5) is 0 Å². The Hall–Kier alpha value is -2.34. The summed E-state index contributed by atoms with van der Waals surface area (Å²) in [5.41, 5.74) is 8.00. The number of hydrogen-bond donors (Lipinski definition) is 3. The van der Waals surface area contributed by atoms with Gasteiger partial charge in [0.05, 0.1) is 12.0 Å². The molecule has 1 atom stereocenters. The first-order chi connectivity index (χ1) is 10.1. The van der Waals surface area contributed by atoms with Gasteiger partial charge in [0.15, 0.2) is 0 Å². The molecule has 2 heterocycles. The van der Waals surface area contributed by atoms with E-state index in [0.717, 1.165) is 16.5 Å². The molecule has 1 aliphatic heterocycles. The second-order valence-corrected chi connectivity index (χ2v) is 5.45. The van der Waals surface area contributed by atoms with Crippen LogP contribution in [0.5, 0.6) is 0 Å². The Morgan fingerprint density at radius 3 is 2.81 bits per heavy atom. The van der Waals surface area contributed by atoms with Crippen LogP contribution in [0, 0.1) is 5.92 Å². The number of benzene rings is 1. The summed E-state index contributed by atoms with van der Waals surface area (Å²) in [6.07, 6.45) is 2.31. The molecule has 1 fully saturated rings. The Bertz CT molecular complexity index is 688. The van der Waals surface area contributed by atoms with Gasteiger partial charge in [-0.3, -0.25) is 9.59 Å². The molecule has 2 aromatic rings. The molecule has 0 radical (unpaired) electrons. The van der Waals surface area contributed by atoms with Gasteiger partial charge in [-0.1, -0.05) is 18.2 Å². The number of hydrogen-bond acceptors (Lipinski definition) is 3. The van der Waals surface area contributed by atoms with Crippen LogP contribution in [0.1, 0.15) is 5.56 Å². The second kappa shape index (κ2) is 5.21. The Morgan fingerprint density at radius 1 is 1.38 bits per heavy atom. The molecule has 0 spiro atoms. The molecular formula is C15H17N3O3. The van der Waals surface area contributed by atoms with Crippen LogP contribution in [0.3, 0.4) is 0 Å². The van der Waals surface area contributed by atoms with Gasteiger partial charge in [0.25, 0.3) is 0 Å². The van der Waals surface area contributed by atoms with E-state index in [0.29, 0.717) is 6.42 Å². The number of aliphatic carboxylic acids is 1. The van der Waals surface area contributed by atoms with Gasteiger partial charge >= 0.3 is 5.97 Å². The van der Waals surface area contributed by atoms with Crippen molar-refractivity contribution in [2.75, 3.05) is 13.1 Å². The van der Waals surface area contributed by atoms with Gasteiger partial charge in [0.1, 0.15) is 0 Å². The van der Waals surface area contributed by atoms with Crippen molar-refractivity contribution in [2.45, 2.75) is 12.5 Å². The summed E-state index contributed by atoms with van der Waals surface area (Å²) in [6.45, 7) is 0.519. The number of nitrogens with one attached hydrogen (secondary N) is 1. The third kappa shape index (κ3) is 2.50. The van der Waals surface area contributed by atoms with E-state index >= 15 is 0 Å². The number of para-hydroxylation sites is 1. The average molecular weight is 287 g/mol. The molecule has 0 saturated carbocycles. The molecule has 0 bridgehead atoms. The monoisotopic (exact) mass is 287 g/mol. The van der Waals surface area contributed by atoms with Crippen molar-refractivity contribution < 1.29 is 14.7 Å². The number of rotatable bonds is 4. The van der Waals surface area contributed by atoms with Gasteiger partial charge in [0.2, 0.25) is 5.91 Å². The van der Waals surface area contributed by atoms with Gasteiger partial charge in [-0.25, -0.2) is 0 Å². The highest BCUT2D eigenvalue weighted by atomic mass is 16.4. The maximum Gasteiger partial charge on any atom is 0.310 e. The third-order valence-corrected chi connectivity index (χ3v) is 3.97. The molecule has 0 aliphatic carbocycles. The Morgan fingerprint density at radius 2 is 2.10 bits per heavy atom. The minimum Gasteiger partial charge on any atom is -0.481 e. The van der Waals surface area contributed by atoms with Crippen LogP contribution in [0.2, 0.25) is 0 Å². The summed E-state index contributed by atoms with van der Waals surface area (Å²) in [6, 6.07) is 7.21. The lowest BCUT2D eigenvalue weighted by molar-refractivity contribution is -0.153. The van der Waals surface area contributed by atoms with Gasteiger partial charge in [-0.15, -0.1) is 0 Å². The van der Waals surface area contributed by atoms with Crippen molar-refractivity contribution in [1.29, 1.82) is 0 Å². The fraction of sp³-hybridized carbons (Fsp3) is 0.333. The topological polar surface area (TPSA) is 99.4 Å². The molecule has 1 aromatic heterocycles. The largest absolute Gasteiger partial charge is 0.481 e. The first-order valence-electron chi connectivity index (χ1n) is 6.88. The summed E-state index contributed by atoms with van der Waals surface area (Å²) in [5.74, 6) is -1.49. The fourth-order valence-corrected chi connectivity index (χ4v) is 2.67. The fourth-order valence-electron chi connectivity index (χ4n) is 2.67. The number of aromatic nitrogens is 1. The third-order valence-electron chi connectivity index (χ3n) is 3.97. The highest BCUT2D eigenvalue weighted by Gasteiger charge is 2.37. The lowest BCUT2D eigenvalue weighted by Gasteiger charge is -2.38. The number of carbonyl (C=O) groups excluding carboxylic acids is 1. The van der Waals surface area contributed by atoms with Crippen LogP contribution < -0.4 is 5.73 Å². The van der Waals surface area contributed by atoms with Crippen LogP contribution in [-0.4, -0.2) is 46.0 Å². The summed E-state index contributed by atoms with van der Waals surface area (Å²) < 4.78 is 0. The number of H-pyrrole nitrogens is 1. The van der Waals surface area contributed by atoms with Crippen molar-refractivity contribution in [1.82, 2.24) is 9.88 Å². The molecule has 1 aliphatic rings. The normalized spacial score (nSPS) is 16.7. The number of carboxylic acid groups (broad SMARTS) is 1. The van der Waals surface area contributed by atoms with E-state index in [1.807, 2.05) is 30.5 Å². The number of carbonyl (C=O) groups is 2. The lowest BCUT2D eigenvalue weighted by Crippen LogP contribution is -2.57. The summed E-state index contributed by atoms with van der Waals surface area (Å²) >= 11 is 0. The average Bonchev–Trinajstić information content (AvgIpc) is 2.80. The quantitative estimate of drug-likeness (QED) is 0.766. The van der Waals surface area contributed by atoms with Crippen molar-refractivity contribution in [3.05, 3.63) is 36.0 Å². The van der Waals surface area contributed by atoms with E-state index in [9.17, 15) is 9.59 Å². The number of nitrogens with zero attached hydrogens (tertiary/aromatic N) is 1. The predicted molar refractivity (Wildman–Crippen MR) is 77.7 cm³/mol. The minimum atomic E-state index is -0.857. The standard InChI is InChI=1S/C15H17N3O3/c16-12(14(19)18-7-10(8-18)15(20)21)5-9-6-17-13-4-2-1-3-11(9)13/h1-4,6,10,12,17H,5,7-8,16H2,(H,20,21)/t12-/m1/s1. The van der Waals surface area contributed by atoms with E-state index in [4.69, 9.17) is 10.8 Å². The van der Waals surface area contributed by atoms with E-state index < -0.39 is 17.9 Å². The zero-order valence-electron chi connectivity index (χ0n) is 11.5. The van der Waals surface area contributed by atoms with Gasteiger partial charge in [-0.05, 0) is 18.1 Å². The zero-order valence-corrected chi connectivity index (χ0v) is 11.5. The van der Waals surface area contributed by atoms with Gasteiger partial charge in [-0.2, -0.15) is 0 Å². The number of nitrogens with two attached hydrogens (primary N) is 1. The highest BCUT2D eigenvalue weighted by Crippen LogP contribution is 2.21. The first kappa shape index (κ1) is 13.6. The minimum absolute atomic E-state index is 0.183. The number of carboxylic acids is 1. The van der Waals surface area contributed by atoms with Gasteiger partial charge in [0, 0.05) is 30.2 Å². The molecule has 1 amide bonds. The highest BCUT2D eigenvalue weighted by molar-refractivity contribution is 5.87. The van der Waals surface area contributed by atoms with E-state index in [2.05, 4.69) is 4.98 Å². The molecule has 0 unspecified atom stereocenters. The summed E-state index contributed by atoms with van der Waals surface area (Å²) in [4.78, 5) is 27.6. The smallest absolute Gasteiger partial charge is 0.310 e. The number of likely N-dealkylation sites (tertiary alicyclic amines) is 1. The van der Waals surface area contributed by atoms with Crippen LogP contribution in [0.15, 0.2) is 30.5 Å². The SMILES string of the molecule is N[C@H](Cc1c[nH]c2ccccc12)C(=O)N1CC(C(=O)O)C1. The van der Waals surface area contributed by atoms with E-state index in [1.54, 1.807) is 0 Å². The Labute approximate surface area is 121 Å². The molecule has 4 N–H and O–H groups in total. The first-order valence-corrected chi connectivity index (χ1v) is 6.88. The molecule has 1 aromatic carbocycles. The van der Waals surface area contributed by atoms with Crippen LogP contribution >= 0.6 is 0 Å². The molecular weight excluding hydrogens is 270 g/mol.